The van der Waals surface area contributed by atoms with Gasteiger partial charge in [-0.25, -0.2) is 4.98 Å². The Hall–Kier alpha value is -1.07. The minimum atomic E-state index is -0.364. The van der Waals surface area contributed by atoms with Crippen molar-refractivity contribution in [3.63, 3.8) is 0 Å². The third-order valence-corrected chi connectivity index (χ3v) is 3.58. The molecule has 0 amide bonds. The minimum absolute atomic E-state index is 0.327. The summed E-state index contributed by atoms with van der Waals surface area (Å²) < 4.78 is 17.3. The maximum absolute atomic E-state index is 5.98. The van der Waals surface area contributed by atoms with Crippen molar-refractivity contribution in [3.05, 3.63) is 18.3 Å². The summed E-state index contributed by atoms with van der Waals surface area (Å²) in [5, 5.41) is 0. The molecule has 0 saturated carbocycles. The van der Waals surface area contributed by atoms with Crippen LogP contribution in [0.2, 0.25) is 0 Å². The molecule has 0 radical (unpaired) electrons. The molecule has 1 aliphatic heterocycles. The van der Waals surface area contributed by atoms with Crippen molar-refractivity contribution in [3.8, 4) is 5.88 Å². The lowest BCUT2D eigenvalue weighted by atomic mass is 9.80. The van der Waals surface area contributed by atoms with Crippen LogP contribution in [0.3, 0.4) is 0 Å². The van der Waals surface area contributed by atoms with Gasteiger partial charge in [-0.05, 0) is 46.1 Å². The summed E-state index contributed by atoms with van der Waals surface area (Å²) in [6, 6.07) is 3.76. The molecule has 1 aliphatic rings. The van der Waals surface area contributed by atoms with Crippen LogP contribution in [0.15, 0.2) is 18.3 Å². The first kappa shape index (κ1) is 13.4. The van der Waals surface area contributed by atoms with Gasteiger partial charge in [0.25, 0.3) is 0 Å². The van der Waals surface area contributed by atoms with Crippen molar-refractivity contribution in [2.24, 2.45) is 0 Å². The van der Waals surface area contributed by atoms with Crippen LogP contribution in [0.25, 0.3) is 0 Å². The Balaban J connectivity index is 2.21. The Morgan fingerprint density at radius 1 is 1.22 bits per heavy atom. The molecule has 0 unspecified atom stereocenters. The van der Waals surface area contributed by atoms with E-state index in [1.165, 1.54) is 0 Å². The molecule has 1 aromatic heterocycles. The summed E-state index contributed by atoms with van der Waals surface area (Å²) in [7, 11) is -0.364. The smallest absolute Gasteiger partial charge is 0.478 e. The quantitative estimate of drug-likeness (QED) is 0.765. The van der Waals surface area contributed by atoms with Gasteiger partial charge in [0.05, 0.1) is 17.8 Å². The number of aromatic nitrogens is 1. The zero-order chi connectivity index (χ0) is 13.4. The van der Waals surface area contributed by atoms with E-state index in [4.69, 9.17) is 14.0 Å². The molecule has 2 heterocycles. The second-order valence-electron chi connectivity index (χ2n) is 5.45. The average Bonchev–Trinajstić information content (AvgIpc) is 2.49. The summed E-state index contributed by atoms with van der Waals surface area (Å²) in [6.45, 7) is 10.7. The molecule has 0 aromatic carbocycles. The minimum Gasteiger partial charge on any atom is -0.478 e. The summed E-state index contributed by atoms with van der Waals surface area (Å²) in [6.07, 6.45) is 1.71. The van der Waals surface area contributed by atoms with Crippen LogP contribution in [-0.4, -0.2) is 29.9 Å². The topological polar surface area (TPSA) is 40.6 Å². The fourth-order valence-corrected chi connectivity index (χ4v) is 1.78. The molecule has 2 rings (SSSR count). The zero-order valence-electron chi connectivity index (χ0n) is 11.7. The molecule has 0 spiro atoms. The first-order chi connectivity index (χ1) is 8.36. The number of ether oxygens (including phenoxy) is 1. The van der Waals surface area contributed by atoms with Gasteiger partial charge in [0, 0.05) is 12.3 Å². The van der Waals surface area contributed by atoms with Gasteiger partial charge in [0.1, 0.15) is 0 Å². The van der Waals surface area contributed by atoms with E-state index in [1.807, 2.05) is 46.8 Å². The summed E-state index contributed by atoms with van der Waals surface area (Å²) in [5.74, 6) is 0.602. The molecule has 0 N–H and O–H groups in total. The fourth-order valence-electron chi connectivity index (χ4n) is 1.78. The van der Waals surface area contributed by atoms with Gasteiger partial charge in [-0.3, -0.25) is 0 Å². The van der Waals surface area contributed by atoms with E-state index < -0.39 is 0 Å². The number of rotatable bonds is 3. The Morgan fingerprint density at radius 2 is 1.83 bits per heavy atom. The second kappa shape index (κ2) is 4.55. The molecule has 0 bridgehead atoms. The standard InChI is InChI=1S/C13H20BNO3/c1-6-16-11-9-10(7-8-15-11)14-17-12(2,3)13(4,5)18-14/h7-9H,6H2,1-5H3. The summed E-state index contributed by atoms with van der Waals surface area (Å²) >= 11 is 0. The molecule has 0 aliphatic carbocycles. The van der Waals surface area contributed by atoms with Crippen molar-refractivity contribution in [2.45, 2.75) is 45.8 Å². The van der Waals surface area contributed by atoms with Gasteiger partial charge in [-0.15, -0.1) is 0 Å². The van der Waals surface area contributed by atoms with Gasteiger partial charge < -0.3 is 14.0 Å². The van der Waals surface area contributed by atoms with Crippen molar-refractivity contribution in [1.82, 2.24) is 4.98 Å². The molecular weight excluding hydrogens is 229 g/mol. The van der Waals surface area contributed by atoms with Crippen LogP contribution in [0, 0.1) is 0 Å². The van der Waals surface area contributed by atoms with Gasteiger partial charge >= 0.3 is 7.12 Å². The highest BCUT2D eigenvalue weighted by Crippen LogP contribution is 2.36. The molecular formula is C13H20BNO3. The van der Waals surface area contributed by atoms with E-state index in [2.05, 4.69) is 4.98 Å². The lowest BCUT2D eigenvalue weighted by Crippen LogP contribution is -2.41. The number of hydrogen-bond acceptors (Lipinski definition) is 4. The Kier molecular flexibility index (Phi) is 3.38. The predicted molar refractivity (Wildman–Crippen MR) is 71.1 cm³/mol. The maximum atomic E-state index is 5.98. The van der Waals surface area contributed by atoms with Gasteiger partial charge in [-0.1, -0.05) is 0 Å². The Morgan fingerprint density at radius 3 is 2.39 bits per heavy atom. The normalized spacial score (nSPS) is 21.1. The van der Waals surface area contributed by atoms with Crippen LogP contribution < -0.4 is 10.2 Å². The monoisotopic (exact) mass is 249 g/mol. The zero-order valence-corrected chi connectivity index (χ0v) is 11.7. The number of hydrogen-bond donors (Lipinski definition) is 0. The molecule has 1 saturated heterocycles. The van der Waals surface area contributed by atoms with Crippen LogP contribution in [0.1, 0.15) is 34.6 Å². The highest BCUT2D eigenvalue weighted by molar-refractivity contribution is 6.62. The van der Waals surface area contributed by atoms with Gasteiger partial charge in [-0.2, -0.15) is 0 Å². The maximum Gasteiger partial charge on any atom is 0.495 e. The van der Waals surface area contributed by atoms with Crippen LogP contribution in [0.5, 0.6) is 5.88 Å². The van der Waals surface area contributed by atoms with Crippen LogP contribution >= 0.6 is 0 Å². The van der Waals surface area contributed by atoms with Crippen molar-refractivity contribution < 1.29 is 14.0 Å². The van der Waals surface area contributed by atoms with E-state index in [-0.39, 0.29) is 18.3 Å². The van der Waals surface area contributed by atoms with Crippen molar-refractivity contribution in [2.75, 3.05) is 6.61 Å². The lowest BCUT2D eigenvalue weighted by molar-refractivity contribution is 0.00578. The molecule has 1 fully saturated rings. The lowest BCUT2D eigenvalue weighted by Gasteiger charge is -2.32. The van der Waals surface area contributed by atoms with Crippen molar-refractivity contribution >= 4 is 12.6 Å². The van der Waals surface area contributed by atoms with Gasteiger partial charge in [0.2, 0.25) is 5.88 Å². The van der Waals surface area contributed by atoms with Gasteiger partial charge in [0.15, 0.2) is 0 Å². The number of pyridine rings is 1. The van der Waals surface area contributed by atoms with E-state index in [1.54, 1.807) is 6.20 Å². The average molecular weight is 249 g/mol. The predicted octanol–water partition coefficient (Wildman–Crippen LogP) is 1.78. The first-order valence-electron chi connectivity index (χ1n) is 6.30. The third-order valence-electron chi connectivity index (χ3n) is 3.58. The highest BCUT2D eigenvalue weighted by atomic mass is 16.7. The first-order valence-corrected chi connectivity index (χ1v) is 6.30. The Bertz CT molecular complexity index is 418. The van der Waals surface area contributed by atoms with Crippen molar-refractivity contribution in [1.29, 1.82) is 0 Å². The summed E-state index contributed by atoms with van der Waals surface area (Å²) in [4.78, 5) is 4.14. The van der Waals surface area contributed by atoms with E-state index in [0.717, 1.165) is 5.46 Å². The molecule has 5 heteroatoms. The largest absolute Gasteiger partial charge is 0.495 e. The van der Waals surface area contributed by atoms with E-state index >= 15 is 0 Å². The van der Waals surface area contributed by atoms with E-state index in [9.17, 15) is 0 Å². The fraction of sp³-hybridized carbons (Fsp3) is 0.615. The van der Waals surface area contributed by atoms with Crippen LogP contribution in [-0.2, 0) is 9.31 Å². The molecule has 1 aromatic rings. The van der Waals surface area contributed by atoms with E-state index in [0.29, 0.717) is 12.5 Å². The Labute approximate surface area is 109 Å². The number of nitrogens with zero attached hydrogens (tertiary/aromatic N) is 1. The molecule has 98 valence electrons. The third kappa shape index (κ3) is 2.38. The second-order valence-corrected chi connectivity index (χ2v) is 5.45. The molecule has 4 nitrogen and oxygen atoms in total. The van der Waals surface area contributed by atoms with Crippen LogP contribution in [0.4, 0.5) is 0 Å². The highest BCUT2D eigenvalue weighted by Gasteiger charge is 2.51. The SMILES string of the molecule is CCOc1cc(B2OC(C)(C)C(C)(C)O2)ccn1. The molecule has 0 atom stereocenters. The molecule has 18 heavy (non-hydrogen) atoms. The summed E-state index contributed by atoms with van der Waals surface area (Å²) in [5.41, 5.74) is 0.284.